The SMILES string of the molecule is [B]/C(C)=C(\C(C)=N)c1ccc2nc(NCCN3CCOCC3)c(=O)n(CC3CCOCC3)c2n1. The molecule has 2 saturated heterocycles. The zero-order valence-electron chi connectivity index (χ0n) is 20.1. The molecule has 2 fully saturated rings. The van der Waals surface area contributed by atoms with Gasteiger partial charge in [0, 0.05) is 57.2 Å². The predicted molar refractivity (Wildman–Crippen MR) is 135 cm³/mol. The lowest BCUT2D eigenvalue weighted by atomic mass is 9.88. The van der Waals surface area contributed by atoms with E-state index < -0.39 is 0 Å². The van der Waals surface area contributed by atoms with Crippen molar-refractivity contribution in [3.8, 4) is 0 Å². The van der Waals surface area contributed by atoms with Gasteiger partial charge in [0.2, 0.25) is 0 Å². The van der Waals surface area contributed by atoms with Crippen LogP contribution in [0.4, 0.5) is 5.82 Å². The summed E-state index contributed by atoms with van der Waals surface area (Å²) in [6.45, 7) is 10.1. The minimum absolute atomic E-state index is 0.174. The third-order valence-corrected chi connectivity index (χ3v) is 6.42. The number of morpholine rings is 1. The van der Waals surface area contributed by atoms with Gasteiger partial charge in [-0.25, -0.2) is 9.97 Å². The van der Waals surface area contributed by atoms with Gasteiger partial charge in [-0.1, -0.05) is 6.92 Å². The Kier molecular flexibility index (Phi) is 8.13. The Labute approximate surface area is 201 Å². The molecular weight excluding hydrogens is 431 g/mol. The van der Waals surface area contributed by atoms with Crippen LogP contribution < -0.4 is 10.9 Å². The number of ether oxygens (including phenoxy) is 2. The van der Waals surface area contributed by atoms with Crippen molar-refractivity contribution in [3.05, 3.63) is 33.7 Å². The molecule has 34 heavy (non-hydrogen) atoms. The highest BCUT2D eigenvalue weighted by Crippen LogP contribution is 2.22. The van der Waals surface area contributed by atoms with Crippen LogP contribution in [0.1, 0.15) is 32.4 Å². The summed E-state index contributed by atoms with van der Waals surface area (Å²) in [5, 5.41) is 11.4. The number of anilines is 1. The van der Waals surface area contributed by atoms with Crippen molar-refractivity contribution in [1.82, 2.24) is 19.4 Å². The highest BCUT2D eigenvalue weighted by molar-refractivity contribution is 6.34. The zero-order chi connectivity index (χ0) is 24.1. The molecule has 0 aromatic carbocycles. The van der Waals surface area contributed by atoms with Crippen LogP contribution in [0.15, 0.2) is 22.4 Å². The highest BCUT2D eigenvalue weighted by atomic mass is 16.5. The molecule has 0 bridgehead atoms. The van der Waals surface area contributed by atoms with Gasteiger partial charge in [0.15, 0.2) is 11.5 Å². The van der Waals surface area contributed by atoms with E-state index in [4.69, 9.17) is 27.7 Å². The van der Waals surface area contributed by atoms with Crippen LogP contribution in [-0.4, -0.2) is 85.6 Å². The Morgan fingerprint density at radius 2 is 1.85 bits per heavy atom. The summed E-state index contributed by atoms with van der Waals surface area (Å²) in [6.07, 6.45) is 1.81. The van der Waals surface area contributed by atoms with Crippen LogP contribution >= 0.6 is 0 Å². The van der Waals surface area contributed by atoms with Gasteiger partial charge < -0.3 is 20.2 Å². The minimum atomic E-state index is -0.174. The minimum Gasteiger partial charge on any atom is -0.381 e. The van der Waals surface area contributed by atoms with E-state index in [1.54, 1.807) is 18.4 Å². The number of fused-ring (bicyclic) bond motifs is 1. The average molecular weight is 464 g/mol. The van der Waals surface area contributed by atoms with Crippen molar-refractivity contribution in [3.63, 3.8) is 0 Å². The molecule has 0 aliphatic carbocycles. The van der Waals surface area contributed by atoms with Crippen molar-refractivity contribution >= 4 is 36.1 Å². The zero-order valence-corrected chi connectivity index (χ0v) is 20.1. The summed E-state index contributed by atoms with van der Waals surface area (Å²) >= 11 is 0. The molecule has 0 unspecified atom stereocenters. The first-order valence-electron chi connectivity index (χ1n) is 12.0. The smallest absolute Gasteiger partial charge is 0.294 e. The van der Waals surface area contributed by atoms with Crippen molar-refractivity contribution < 1.29 is 9.47 Å². The lowest BCUT2D eigenvalue weighted by molar-refractivity contribution is 0.0398. The average Bonchev–Trinajstić information content (AvgIpc) is 2.82. The summed E-state index contributed by atoms with van der Waals surface area (Å²) in [6, 6.07) is 3.68. The van der Waals surface area contributed by atoms with Gasteiger partial charge in [-0.05, 0) is 37.8 Å². The lowest BCUT2D eigenvalue weighted by Gasteiger charge is -2.26. The molecule has 2 aliphatic rings. The fourth-order valence-corrected chi connectivity index (χ4v) is 4.58. The van der Waals surface area contributed by atoms with Crippen molar-refractivity contribution in [2.45, 2.75) is 33.2 Å². The van der Waals surface area contributed by atoms with E-state index in [1.807, 2.05) is 12.1 Å². The largest absolute Gasteiger partial charge is 0.381 e. The number of nitrogens with one attached hydrogen (secondary N) is 2. The molecule has 0 atom stereocenters. The van der Waals surface area contributed by atoms with Gasteiger partial charge in [-0.2, -0.15) is 0 Å². The highest BCUT2D eigenvalue weighted by Gasteiger charge is 2.20. The van der Waals surface area contributed by atoms with Gasteiger partial charge in [-0.15, -0.1) is 5.47 Å². The fraction of sp³-hybridized carbons (Fsp3) is 0.583. The molecule has 4 heterocycles. The maximum absolute atomic E-state index is 13.5. The van der Waals surface area contributed by atoms with E-state index in [2.05, 4.69) is 15.2 Å². The van der Waals surface area contributed by atoms with Crippen molar-refractivity contribution in [1.29, 1.82) is 5.41 Å². The van der Waals surface area contributed by atoms with E-state index >= 15 is 0 Å². The Hall–Kier alpha value is -2.56. The third kappa shape index (κ3) is 5.74. The second-order valence-electron chi connectivity index (χ2n) is 9.03. The van der Waals surface area contributed by atoms with E-state index in [1.165, 1.54) is 0 Å². The standard InChI is InChI=1S/C24H33BN6O3/c1-16(25)21(17(2)26)19-3-4-20-23(29-19)31(15-18-5-11-33-12-6-18)24(32)22(28-20)27-7-8-30-9-13-34-14-10-30/h3-4,18,26H,5-15H2,1-2H3,(H,27,28)/b21-16+,26-17?. The first-order valence-corrected chi connectivity index (χ1v) is 12.0. The number of nitrogens with zero attached hydrogens (tertiary/aromatic N) is 4. The molecule has 10 heteroatoms. The molecule has 2 aliphatic heterocycles. The topological polar surface area (TPSA) is 105 Å². The van der Waals surface area contributed by atoms with Gasteiger partial charge >= 0.3 is 0 Å². The normalized spacial score (nSPS) is 18.6. The molecular formula is C24H33BN6O3. The number of hydrogen-bond acceptors (Lipinski definition) is 8. The van der Waals surface area contributed by atoms with Crippen LogP contribution in [0.25, 0.3) is 16.7 Å². The number of allylic oxidation sites excluding steroid dienone is 2. The second kappa shape index (κ2) is 11.2. The van der Waals surface area contributed by atoms with Gasteiger partial charge in [-0.3, -0.25) is 14.3 Å². The number of rotatable bonds is 8. The second-order valence-corrected chi connectivity index (χ2v) is 9.03. The molecule has 2 aromatic heterocycles. The van der Waals surface area contributed by atoms with E-state index in [-0.39, 0.29) is 5.56 Å². The maximum atomic E-state index is 13.5. The van der Waals surface area contributed by atoms with Gasteiger partial charge in [0.05, 0.1) is 18.9 Å². The molecule has 4 rings (SSSR count). The van der Waals surface area contributed by atoms with Crippen LogP contribution in [0.3, 0.4) is 0 Å². The summed E-state index contributed by atoms with van der Waals surface area (Å²) in [4.78, 5) is 25.3. The lowest BCUT2D eigenvalue weighted by Crippen LogP contribution is -2.39. The van der Waals surface area contributed by atoms with E-state index in [9.17, 15) is 4.79 Å². The first-order chi connectivity index (χ1) is 16.4. The Morgan fingerprint density at radius 3 is 2.53 bits per heavy atom. The van der Waals surface area contributed by atoms with Crippen LogP contribution in [0.2, 0.25) is 0 Å². The van der Waals surface area contributed by atoms with Crippen molar-refractivity contribution in [2.24, 2.45) is 5.92 Å². The molecule has 0 saturated carbocycles. The monoisotopic (exact) mass is 464 g/mol. The van der Waals surface area contributed by atoms with E-state index in [0.717, 1.165) is 45.7 Å². The van der Waals surface area contributed by atoms with Gasteiger partial charge in [0.1, 0.15) is 13.4 Å². The van der Waals surface area contributed by atoms with Crippen LogP contribution in [0.5, 0.6) is 0 Å². The Balaban J connectivity index is 1.68. The molecule has 0 spiro atoms. The molecule has 9 nitrogen and oxygen atoms in total. The number of pyridine rings is 1. The summed E-state index contributed by atoms with van der Waals surface area (Å²) < 4.78 is 12.7. The molecule has 0 amide bonds. The summed E-state index contributed by atoms with van der Waals surface area (Å²) in [7, 11) is 6.05. The molecule has 2 N–H and O–H groups in total. The quantitative estimate of drug-likeness (QED) is 0.454. The molecule has 2 radical (unpaired) electrons. The fourth-order valence-electron chi connectivity index (χ4n) is 4.58. The predicted octanol–water partition coefficient (Wildman–Crippen LogP) is 1.90. The summed E-state index contributed by atoms with van der Waals surface area (Å²) in [5.74, 6) is 0.677. The molecule has 2 aromatic rings. The number of aromatic nitrogens is 3. The third-order valence-electron chi connectivity index (χ3n) is 6.42. The van der Waals surface area contributed by atoms with Crippen LogP contribution in [-0.2, 0) is 16.0 Å². The van der Waals surface area contributed by atoms with Gasteiger partial charge in [0.25, 0.3) is 5.56 Å². The first kappa shape index (κ1) is 24.6. The van der Waals surface area contributed by atoms with E-state index in [0.29, 0.717) is 71.7 Å². The summed E-state index contributed by atoms with van der Waals surface area (Å²) in [5.41, 5.74) is 3.00. The number of hydrogen-bond donors (Lipinski definition) is 2. The Bertz CT molecular complexity index is 1120. The Morgan fingerprint density at radius 1 is 1.15 bits per heavy atom. The molecule has 180 valence electrons. The van der Waals surface area contributed by atoms with Crippen LogP contribution in [0, 0.1) is 11.3 Å². The maximum Gasteiger partial charge on any atom is 0.294 e. The van der Waals surface area contributed by atoms with Crippen molar-refractivity contribution in [2.75, 3.05) is 57.9 Å².